The quantitative estimate of drug-likeness (QED) is 0.399. The van der Waals surface area contributed by atoms with Gasteiger partial charge in [0.15, 0.2) is 0 Å². The minimum Gasteiger partial charge on any atom is -0.478 e. The molecule has 1 saturated heterocycles. The van der Waals surface area contributed by atoms with Gasteiger partial charge in [-0.3, -0.25) is 9.62 Å². The number of carbonyl (C=O) groups is 2. The summed E-state index contributed by atoms with van der Waals surface area (Å²) in [5.74, 6) is -3.37. The number of hydrogen-bond donors (Lipinski definition) is 3. The first-order chi connectivity index (χ1) is 18.1. The predicted octanol–water partition coefficient (Wildman–Crippen LogP) is 4.55. The van der Waals surface area contributed by atoms with Gasteiger partial charge in [0, 0.05) is 26.2 Å². The summed E-state index contributed by atoms with van der Waals surface area (Å²) in [5.41, 5.74) is 2.12. The highest BCUT2D eigenvalue weighted by atomic mass is 32.2. The van der Waals surface area contributed by atoms with Crippen LogP contribution < -0.4 is 9.62 Å². The molecule has 0 spiro atoms. The van der Waals surface area contributed by atoms with Crippen molar-refractivity contribution in [2.24, 2.45) is 5.92 Å². The number of hydrogen-bond acceptors (Lipinski definition) is 6. The molecule has 216 valence electrons. The van der Waals surface area contributed by atoms with Gasteiger partial charge >= 0.3 is 18.1 Å². The lowest BCUT2D eigenvalue weighted by Crippen LogP contribution is -2.46. The fourth-order valence-electron chi connectivity index (χ4n) is 4.03. The number of piperazine rings is 1. The minimum absolute atomic E-state index is 0.0448. The van der Waals surface area contributed by atoms with Crippen molar-refractivity contribution in [1.82, 2.24) is 4.90 Å². The van der Waals surface area contributed by atoms with E-state index in [4.69, 9.17) is 9.90 Å². The van der Waals surface area contributed by atoms with Crippen LogP contribution in [0.4, 0.5) is 24.5 Å². The van der Waals surface area contributed by atoms with Gasteiger partial charge in [0.1, 0.15) is 0 Å². The van der Waals surface area contributed by atoms with E-state index in [1.807, 2.05) is 12.1 Å². The third-order valence-electron chi connectivity index (χ3n) is 5.86. The van der Waals surface area contributed by atoms with Crippen molar-refractivity contribution in [1.29, 1.82) is 0 Å². The Hall–Kier alpha value is -3.32. The van der Waals surface area contributed by atoms with Gasteiger partial charge < -0.3 is 15.1 Å². The monoisotopic (exact) mass is 573 g/mol. The molecule has 1 fully saturated rings. The van der Waals surface area contributed by atoms with Crippen LogP contribution in [0.25, 0.3) is 0 Å². The van der Waals surface area contributed by atoms with Crippen LogP contribution in [0, 0.1) is 5.92 Å². The second kappa shape index (κ2) is 13.7. The third kappa shape index (κ3) is 9.74. The second-order valence-electron chi connectivity index (χ2n) is 9.52. The van der Waals surface area contributed by atoms with E-state index in [1.54, 1.807) is 18.2 Å². The topological polar surface area (TPSA) is 127 Å². The molecule has 3 rings (SSSR count). The normalized spacial score (nSPS) is 14.5. The number of carboxylic acid groups (broad SMARTS) is 2. The Morgan fingerprint density at radius 1 is 1.00 bits per heavy atom. The van der Waals surface area contributed by atoms with E-state index in [-0.39, 0.29) is 10.5 Å². The van der Waals surface area contributed by atoms with Crippen LogP contribution in [-0.2, 0) is 21.2 Å². The van der Waals surface area contributed by atoms with Crippen LogP contribution >= 0.6 is 0 Å². The van der Waals surface area contributed by atoms with Crippen molar-refractivity contribution in [3.8, 4) is 0 Å². The van der Waals surface area contributed by atoms with Gasteiger partial charge in [0.25, 0.3) is 10.0 Å². The summed E-state index contributed by atoms with van der Waals surface area (Å²) < 4.78 is 60.6. The standard InChI is InChI=1S/C24H33N3O4S.C2HF3O2/c1-4-11-26-12-14-27(15-13-26)23-10-7-20(24(28)29)17-22(23)25-32(30,31)21-8-5-19(6-9-21)16-18(2)3;3-2(4,5)1(6)7/h5-10,17-18,25H,4,11-16H2,1-3H3,(H,28,29);(H,6,7). The highest BCUT2D eigenvalue weighted by molar-refractivity contribution is 7.92. The van der Waals surface area contributed by atoms with Crippen molar-refractivity contribution >= 4 is 33.3 Å². The number of aromatic carboxylic acids is 1. The Morgan fingerprint density at radius 3 is 2.03 bits per heavy atom. The molecule has 2 aromatic rings. The van der Waals surface area contributed by atoms with Crippen molar-refractivity contribution in [3.05, 3.63) is 53.6 Å². The van der Waals surface area contributed by atoms with Crippen LogP contribution in [0.1, 0.15) is 43.1 Å². The molecule has 3 N–H and O–H groups in total. The molecular formula is C26H34F3N3O6S. The number of halogens is 3. The maximum atomic E-state index is 13.1. The molecule has 0 bridgehead atoms. The molecular weight excluding hydrogens is 539 g/mol. The number of nitrogens with zero attached hydrogens (tertiary/aromatic N) is 2. The molecule has 9 nitrogen and oxygen atoms in total. The van der Waals surface area contributed by atoms with E-state index >= 15 is 0 Å². The van der Waals surface area contributed by atoms with Crippen LogP contribution in [0.15, 0.2) is 47.4 Å². The number of carboxylic acids is 2. The summed E-state index contributed by atoms with van der Waals surface area (Å²) in [5, 5.41) is 16.5. The van der Waals surface area contributed by atoms with Gasteiger partial charge in [-0.15, -0.1) is 0 Å². The minimum atomic E-state index is -5.08. The smallest absolute Gasteiger partial charge is 0.478 e. The lowest BCUT2D eigenvalue weighted by Gasteiger charge is -2.37. The fourth-order valence-corrected chi connectivity index (χ4v) is 5.10. The molecule has 0 aromatic heterocycles. The Labute approximate surface area is 226 Å². The van der Waals surface area contributed by atoms with E-state index in [9.17, 15) is 31.5 Å². The Kier molecular flexibility index (Phi) is 11.2. The van der Waals surface area contributed by atoms with Gasteiger partial charge in [-0.1, -0.05) is 32.9 Å². The SMILES string of the molecule is CCCN1CCN(c2ccc(C(=O)O)cc2NS(=O)(=O)c2ccc(CC(C)C)cc2)CC1.O=C(O)C(F)(F)F. The van der Waals surface area contributed by atoms with Crippen LogP contribution in [0.5, 0.6) is 0 Å². The lowest BCUT2D eigenvalue weighted by atomic mass is 10.0. The van der Waals surface area contributed by atoms with Crippen molar-refractivity contribution in [2.75, 3.05) is 42.3 Å². The van der Waals surface area contributed by atoms with Gasteiger partial charge in [0.05, 0.1) is 21.8 Å². The number of sulfonamides is 1. The van der Waals surface area contributed by atoms with Gasteiger partial charge in [-0.2, -0.15) is 13.2 Å². The maximum absolute atomic E-state index is 13.1. The summed E-state index contributed by atoms with van der Waals surface area (Å²) in [7, 11) is -3.86. The first kappa shape index (κ1) is 31.9. The van der Waals surface area contributed by atoms with Crippen LogP contribution in [-0.4, -0.2) is 74.4 Å². The lowest BCUT2D eigenvalue weighted by molar-refractivity contribution is -0.192. The average molecular weight is 574 g/mol. The van der Waals surface area contributed by atoms with Gasteiger partial charge in [-0.05, 0) is 61.2 Å². The van der Waals surface area contributed by atoms with E-state index in [1.165, 1.54) is 12.1 Å². The highest BCUT2D eigenvalue weighted by Crippen LogP contribution is 2.31. The Morgan fingerprint density at radius 2 is 1.56 bits per heavy atom. The molecule has 0 radical (unpaired) electrons. The zero-order chi connectivity index (χ0) is 29.4. The molecule has 1 aliphatic rings. The zero-order valence-electron chi connectivity index (χ0n) is 22.0. The van der Waals surface area contributed by atoms with Crippen LogP contribution in [0.2, 0.25) is 0 Å². The number of nitrogens with one attached hydrogen (secondary N) is 1. The highest BCUT2D eigenvalue weighted by Gasteiger charge is 2.38. The average Bonchev–Trinajstić information content (AvgIpc) is 2.84. The van der Waals surface area contributed by atoms with E-state index in [0.717, 1.165) is 51.1 Å². The fraction of sp³-hybridized carbons (Fsp3) is 0.462. The molecule has 2 aromatic carbocycles. The van der Waals surface area contributed by atoms with Crippen LogP contribution in [0.3, 0.4) is 0 Å². The summed E-state index contributed by atoms with van der Waals surface area (Å²) >= 11 is 0. The zero-order valence-corrected chi connectivity index (χ0v) is 22.8. The molecule has 1 heterocycles. The van der Waals surface area contributed by atoms with Gasteiger partial charge in [0.2, 0.25) is 0 Å². The molecule has 0 aliphatic carbocycles. The number of anilines is 2. The summed E-state index contributed by atoms with van der Waals surface area (Å²) in [6.45, 7) is 10.7. The van der Waals surface area contributed by atoms with E-state index < -0.39 is 28.1 Å². The third-order valence-corrected chi connectivity index (χ3v) is 7.24. The molecule has 0 saturated carbocycles. The first-order valence-electron chi connectivity index (χ1n) is 12.4. The summed E-state index contributed by atoms with van der Waals surface area (Å²) in [4.78, 5) is 25.1. The first-order valence-corrected chi connectivity index (χ1v) is 13.9. The molecule has 13 heteroatoms. The maximum Gasteiger partial charge on any atom is 0.490 e. The number of benzene rings is 2. The molecule has 0 amide bonds. The van der Waals surface area contributed by atoms with Crippen molar-refractivity contribution in [2.45, 2.75) is 44.7 Å². The number of rotatable bonds is 9. The van der Waals surface area contributed by atoms with Crippen molar-refractivity contribution < 1.29 is 41.4 Å². The Bertz CT molecular complexity index is 1230. The molecule has 1 aliphatic heterocycles. The number of alkyl halides is 3. The van der Waals surface area contributed by atoms with Gasteiger partial charge in [-0.25, -0.2) is 18.0 Å². The summed E-state index contributed by atoms with van der Waals surface area (Å²) in [6.07, 6.45) is -3.11. The molecule has 0 unspecified atom stereocenters. The van der Waals surface area contributed by atoms with Crippen molar-refractivity contribution in [3.63, 3.8) is 0 Å². The second-order valence-corrected chi connectivity index (χ2v) is 11.2. The molecule has 0 atom stereocenters. The van der Waals surface area contributed by atoms with E-state index in [0.29, 0.717) is 17.3 Å². The number of aliphatic carboxylic acids is 1. The summed E-state index contributed by atoms with van der Waals surface area (Å²) in [6, 6.07) is 11.5. The van der Waals surface area contributed by atoms with E-state index in [2.05, 4.69) is 35.3 Å². The Balaban J connectivity index is 0.000000673. The predicted molar refractivity (Wildman–Crippen MR) is 142 cm³/mol. The molecule has 39 heavy (non-hydrogen) atoms. The largest absolute Gasteiger partial charge is 0.490 e.